The Kier molecular flexibility index (Phi) is 5.40. The second-order valence-electron chi connectivity index (χ2n) is 5.76. The van der Waals surface area contributed by atoms with Gasteiger partial charge in [-0.25, -0.2) is 4.79 Å². The fourth-order valence-corrected chi connectivity index (χ4v) is 3.00. The summed E-state index contributed by atoms with van der Waals surface area (Å²) in [5, 5.41) is 8.92. The lowest BCUT2D eigenvalue weighted by Crippen LogP contribution is -2.12. The van der Waals surface area contributed by atoms with Crippen LogP contribution in [0.5, 0.6) is 0 Å². The van der Waals surface area contributed by atoms with Gasteiger partial charge in [-0.1, -0.05) is 37.6 Å². The molecule has 1 aliphatic rings. The van der Waals surface area contributed by atoms with Gasteiger partial charge >= 0.3 is 5.97 Å². The molecule has 0 radical (unpaired) electrons. The van der Waals surface area contributed by atoms with Gasteiger partial charge in [-0.3, -0.25) is 0 Å². The highest BCUT2D eigenvalue weighted by Gasteiger charge is 2.20. The van der Waals surface area contributed by atoms with Crippen LogP contribution in [0.3, 0.4) is 0 Å². The van der Waals surface area contributed by atoms with Gasteiger partial charge in [0.1, 0.15) is 0 Å². The maximum Gasteiger partial charge on any atom is 0.335 e. The van der Waals surface area contributed by atoms with E-state index in [1.54, 1.807) is 12.1 Å². The molecule has 1 aromatic rings. The summed E-state index contributed by atoms with van der Waals surface area (Å²) >= 11 is 0. The van der Waals surface area contributed by atoms with E-state index < -0.39 is 5.97 Å². The molecule has 1 saturated carbocycles. The van der Waals surface area contributed by atoms with Gasteiger partial charge in [-0.05, 0) is 61.6 Å². The Bertz CT molecular complexity index is 451. The van der Waals surface area contributed by atoms with Crippen molar-refractivity contribution in [1.82, 2.24) is 0 Å². The van der Waals surface area contributed by atoms with E-state index in [4.69, 9.17) is 5.11 Å². The summed E-state index contributed by atoms with van der Waals surface area (Å²) < 4.78 is 0. The lowest BCUT2D eigenvalue weighted by molar-refractivity contribution is 0.0697. The summed E-state index contributed by atoms with van der Waals surface area (Å²) in [6, 6.07) is 7.43. The molecule has 0 aliphatic heterocycles. The molecule has 1 aliphatic carbocycles. The van der Waals surface area contributed by atoms with Crippen LogP contribution in [0, 0.1) is 5.92 Å². The first-order valence-electron chi connectivity index (χ1n) is 7.70. The molecule has 0 bridgehead atoms. The normalized spacial score (nSPS) is 23.1. The summed E-state index contributed by atoms with van der Waals surface area (Å²) in [5.41, 5.74) is 1.68. The minimum atomic E-state index is -0.846. The zero-order valence-electron chi connectivity index (χ0n) is 12.2. The van der Waals surface area contributed by atoms with E-state index in [2.05, 4.69) is 19.1 Å². The van der Waals surface area contributed by atoms with Crippen molar-refractivity contribution in [3.8, 4) is 0 Å². The first-order chi connectivity index (χ1) is 9.70. The predicted octanol–water partition coefficient (Wildman–Crippen LogP) is 5.01. The Labute approximate surface area is 121 Å². The lowest BCUT2D eigenvalue weighted by atomic mass is 9.78. The fraction of sp³-hybridized carbons (Fsp3) is 0.500. The van der Waals surface area contributed by atoms with Crippen LogP contribution in [0.15, 0.2) is 36.4 Å². The average molecular weight is 272 g/mol. The number of benzene rings is 1. The number of hydrogen-bond acceptors (Lipinski definition) is 1. The molecule has 20 heavy (non-hydrogen) atoms. The van der Waals surface area contributed by atoms with Crippen molar-refractivity contribution < 1.29 is 9.90 Å². The zero-order valence-corrected chi connectivity index (χ0v) is 12.2. The van der Waals surface area contributed by atoms with Crippen LogP contribution in [0.25, 0.3) is 0 Å². The average Bonchev–Trinajstić information content (AvgIpc) is 2.48. The largest absolute Gasteiger partial charge is 0.478 e. The molecule has 0 saturated heterocycles. The van der Waals surface area contributed by atoms with E-state index in [9.17, 15) is 4.79 Å². The first kappa shape index (κ1) is 14.8. The van der Waals surface area contributed by atoms with Crippen molar-refractivity contribution in [3.63, 3.8) is 0 Å². The topological polar surface area (TPSA) is 37.3 Å². The predicted molar refractivity (Wildman–Crippen MR) is 82.1 cm³/mol. The molecule has 2 heteroatoms. The van der Waals surface area contributed by atoms with Gasteiger partial charge in [0.05, 0.1) is 5.56 Å². The van der Waals surface area contributed by atoms with E-state index in [0.29, 0.717) is 11.5 Å². The molecule has 1 fully saturated rings. The van der Waals surface area contributed by atoms with Crippen LogP contribution < -0.4 is 0 Å². The van der Waals surface area contributed by atoms with Crippen molar-refractivity contribution >= 4 is 5.97 Å². The molecule has 0 spiro atoms. The second-order valence-corrected chi connectivity index (χ2v) is 5.76. The second kappa shape index (κ2) is 7.28. The van der Waals surface area contributed by atoms with Crippen molar-refractivity contribution in [3.05, 3.63) is 47.5 Å². The number of unbranched alkanes of at least 4 members (excludes halogenated alkanes) is 1. The molecular weight excluding hydrogens is 248 g/mol. The fourth-order valence-electron chi connectivity index (χ4n) is 3.00. The molecule has 2 nitrogen and oxygen atoms in total. The van der Waals surface area contributed by atoms with E-state index in [-0.39, 0.29) is 0 Å². The number of carboxylic acids is 1. The van der Waals surface area contributed by atoms with E-state index in [1.165, 1.54) is 44.1 Å². The van der Waals surface area contributed by atoms with Gasteiger partial charge in [-0.15, -0.1) is 0 Å². The smallest absolute Gasteiger partial charge is 0.335 e. The Morgan fingerprint density at radius 2 is 1.85 bits per heavy atom. The summed E-state index contributed by atoms with van der Waals surface area (Å²) in [7, 11) is 0. The summed E-state index contributed by atoms with van der Waals surface area (Å²) in [6.07, 6.45) is 12.1. The third-order valence-electron chi connectivity index (χ3n) is 4.26. The Morgan fingerprint density at radius 1 is 1.20 bits per heavy atom. The van der Waals surface area contributed by atoms with Crippen LogP contribution in [-0.4, -0.2) is 11.1 Å². The maximum absolute atomic E-state index is 10.8. The molecule has 108 valence electrons. The van der Waals surface area contributed by atoms with Gasteiger partial charge in [0.2, 0.25) is 0 Å². The van der Waals surface area contributed by atoms with Crippen LogP contribution >= 0.6 is 0 Å². The molecule has 0 aromatic heterocycles. The highest BCUT2D eigenvalue weighted by atomic mass is 16.4. The third kappa shape index (κ3) is 3.96. The third-order valence-corrected chi connectivity index (χ3v) is 4.26. The summed E-state index contributed by atoms with van der Waals surface area (Å²) in [5.74, 6) is 0.506. The van der Waals surface area contributed by atoms with Crippen LogP contribution in [0.4, 0.5) is 0 Å². The number of hydrogen-bond donors (Lipinski definition) is 1. The van der Waals surface area contributed by atoms with Gasteiger partial charge < -0.3 is 5.11 Å². The minimum Gasteiger partial charge on any atom is -0.478 e. The maximum atomic E-state index is 10.8. The summed E-state index contributed by atoms with van der Waals surface area (Å²) in [4.78, 5) is 10.8. The standard InChI is InChI=1S/C18H24O2/c1-2-3-4-5-14-6-8-15(9-7-14)16-10-12-17(13-11-16)18(19)20/h4-5,10-15H,2-3,6-9H2,1H3,(H,19,20)/b5-4+. The Hall–Kier alpha value is -1.57. The Morgan fingerprint density at radius 3 is 2.40 bits per heavy atom. The van der Waals surface area contributed by atoms with Crippen LogP contribution in [0.2, 0.25) is 0 Å². The Balaban J connectivity index is 1.88. The van der Waals surface area contributed by atoms with Crippen molar-refractivity contribution in [1.29, 1.82) is 0 Å². The first-order valence-corrected chi connectivity index (χ1v) is 7.70. The SMILES string of the molecule is CCC/C=C/C1CCC(c2ccc(C(=O)O)cc2)CC1. The van der Waals surface area contributed by atoms with Crippen molar-refractivity contribution in [2.45, 2.75) is 51.4 Å². The molecule has 0 unspecified atom stereocenters. The minimum absolute atomic E-state index is 0.380. The van der Waals surface area contributed by atoms with Gasteiger partial charge in [0, 0.05) is 0 Å². The van der Waals surface area contributed by atoms with Crippen molar-refractivity contribution in [2.75, 3.05) is 0 Å². The molecule has 0 heterocycles. The molecular formula is C18H24O2. The molecule has 1 aromatic carbocycles. The van der Waals surface area contributed by atoms with Gasteiger partial charge in [0.25, 0.3) is 0 Å². The number of aromatic carboxylic acids is 1. The number of carbonyl (C=O) groups is 1. The van der Waals surface area contributed by atoms with Crippen LogP contribution in [-0.2, 0) is 0 Å². The summed E-state index contributed by atoms with van der Waals surface area (Å²) in [6.45, 7) is 2.21. The van der Waals surface area contributed by atoms with E-state index >= 15 is 0 Å². The quantitative estimate of drug-likeness (QED) is 0.764. The molecule has 1 N–H and O–H groups in total. The monoisotopic (exact) mass is 272 g/mol. The highest BCUT2D eigenvalue weighted by molar-refractivity contribution is 5.87. The number of rotatable bonds is 5. The number of allylic oxidation sites excluding steroid dienone is 2. The van der Waals surface area contributed by atoms with E-state index in [0.717, 1.165) is 5.92 Å². The van der Waals surface area contributed by atoms with Crippen LogP contribution in [0.1, 0.15) is 67.3 Å². The molecule has 0 amide bonds. The lowest BCUT2D eigenvalue weighted by Gasteiger charge is -2.27. The highest BCUT2D eigenvalue weighted by Crippen LogP contribution is 2.36. The van der Waals surface area contributed by atoms with Crippen molar-refractivity contribution in [2.24, 2.45) is 5.92 Å². The van der Waals surface area contributed by atoms with E-state index in [1.807, 2.05) is 12.1 Å². The number of carboxylic acid groups (broad SMARTS) is 1. The molecule has 0 atom stereocenters. The zero-order chi connectivity index (χ0) is 14.4. The van der Waals surface area contributed by atoms with Gasteiger partial charge in [-0.2, -0.15) is 0 Å². The molecule has 2 rings (SSSR count). The van der Waals surface area contributed by atoms with Gasteiger partial charge in [0.15, 0.2) is 0 Å².